The van der Waals surface area contributed by atoms with Gasteiger partial charge in [-0.15, -0.1) is 12.4 Å². The molecule has 0 aromatic heterocycles. The van der Waals surface area contributed by atoms with Crippen LogP contribution < -0.4 is 32.7 Å². The molecule has 2 unspecified atom stereocenters. The molecule has 212 valence electrons. The quantitative estimate of drug-likeness (QED) is 0.115. The number of benzene rings is 1. The van der Waals surface area contributed by atoms with Crippen molar-refractivity contribution >= 4 is 28.3 Å². The monoisotopic (exact) mass is 590 g/mol. The first kappa shape index (κ1) is 35.8. The largest absolute Gasteiger partial charge is 0.327 e. The van der Waals surface area contributed by atoms with Gasteiger partial charge in [-0.2, -0.15) is 0 Å². The van der Waals surface area contributed by atoms with Gasteiger partial charge >= 0.3 is 0 Å². The lowest BCUT2D eigenvalue weighted by atomic mass is 9.98. The van der Waals surface area contributed by atoms with Crippen molar-refractivity contribution < 1.29 is 0 Å². The fourth-order valence-electron chi connectivity index (χ4n) is 4.05. The Balaban J connectivity index is 0.0000122. The SMILES string of the molecule is CC(C)CNCCCNCCC(N)Cc1cc(Br)cc(CC(N)CCNCCCNCC(C)C)c1.Cl. The molecule has 0 spiro atoms. The summed E-state index contributed by atoms with van der Waals surface area (Å²) in [5.41, 5.74) is 15.5. The molecule has 1 aromatic carbocycles. The summed E-state index contributed by atoms with van der Waals surface area (Å²) in [5, 5.41) is 14.0. The lowest BCUT2D eigenvalue weighted by Crippen LogP contribution is -2.31. The van der Waals surface area contributed by atoms with Crippen LogP contribution in [0.15, 0.2) is 22.7 Å². The lowest BCUT2D eigenvalue weighted by molar-refractivity contribution is 0.515. The maximum absolute atomic E-state index is 6.44. The molecule has 1 aromatic rings. The second-order valence-corrected chi connectivity index (χ2v) is 11.8. The molecule has 36 heavy (non-hydrogen) atoms. The number of rotatable bonds is 22. The molecular weight excluding hydrogens is 536 g/mol. The zero-order valence-electron chi connectivity index (χ0n) is 23.4. The van der Waals surface area contributed by atoms with E-state index in [4.69, 9.17) is 11.5 Å². The Morgan fingerprint density at radius 2 is 1.03 bits per heavy atom. The van der Waals surface area contributed by atoms with Gasteiger partial charge in [0.1, 0.15) is 0 Å². The third-order valence-corrected chi connectivity index (χ3v) is 6.37. The van der Waals surface area contributed by atoms with Gasteiger partial charge < -0.3 is 32.7 Å². The molecule has 0 aliphatic rings. The zero-order valence-corrected chi connectivity index (χ0v) is 25.8. The summed E-state index contributed by atoms with van der Waals surface area (Å²) in [6, 6.07) is 7.00. The van der Waals surface area contributed by atoms with Crippen LogP contribution in [0, 0.1) is 11.8 Å². The summed E-state index contributed by atoms with van der Waals surface area (Å²) < 4.78 is 1.11. The van der Waals surface area contributed by atoms with E-state index < -0.39 is 0 Å². The normalized spacial score (nSPS) is 13.2. The van der Waals surface area contributed by atoms with Crippen LogP contribution in [-0.2, 0) is 12.8 Å². The summed E-state index contributed by atoms with van der Waals surface area (Å²) in [6.45, 7) is 17.3. The van der Waals surface area contributed by atoms with Crippen molar-refractivity contribution in [1.82, 2.24) is 21.3 Å². The predicted octanol–water partition coefficient (Wildman–Crippen LogP) is 3.84. The maximum Gasteiger partial charge on any atom is 0.0180 e. The van der Waals surface area contributed by atoms with E-state index in [-0.39, 0.29) is 24.5 Å². The highest BCUT2D eigenvalue weighted by molar-refractivity contribution is 9.10. The Morgan fingerprint density at radius 3 is 1.42 bits per heavy atom. The standard InChI is InChI=1S/C28H55BrN6.ClH/c1-22(2)20-34-11-5-9-32-13-7-27(30)18-24-15-25(17-26(29)16-24)19-28(31)8-14-33-10-6-12-35-21-23(3)4;/h15-17,22-23,27-28,32-35H,5-14,18-21,30-31H2,1-4H3;1H. The molecule has 1 rings (SSSR count). The van der Waals surface area contributed by atoms with Crippen molar-refractivity contribution in [2.75, 3.05) is 52.4 Å². The first-order valence-electron chi connectivity index (χ1n) is 13.9. The van der Waals surface area contributed by atoms with E-state index in [1.807, 2.05) is 0 Å². The summed E-state index contributed by atoms with van der Waals surface area (Å²) in [7, 11) is 0. The molecule has 0 saturated carbocycles. The maximum atomic E-state index is 6.44. The van der Waals surface area contributed by atoms with Crippen LogP contribution in [0.3, 0.4) is 0 Å². The van der Waals surface area contributed by atoms with E-state index in [9.17, 15) is 0 Å². The van der Waals surface area contributed by atoms with Gasteiger partial charge in [-0.3, -0.25) is 0 Å². The summed E-state index contributed by atoms with van der Waals surface area (Å²) in [6.07, 6.45) is 6.07. The van der Waals surface area contributed by atoms with E-state index in [1.165, 1.54) is 11.1 Å². The summed E-state index contributed by atoms with van der Waals surface area (Å²) in [4.78, 5) is 0. The van der Waals surface area contributed by atoms with Crippen LogP contribution in [0.5, 0.6) is 0 Å². The van der Waals surface area contributed by atoms with E-state index in [1.54, 1.807) is 0 Å². The van der Waals surface area contributed by atoms with Crippen molar-refractivity contribution in [2.45, 2.75) is 78.3 Å². The van der Waals surface area contributed by atoms with E-state index in [0.717, 1.165) is 95.4 Å². The van der Waals surface area contributed by atoms with Gasteiger partial charge in [-0.05, 0) is 126 Å². The average Bonchev–Trinajstić information content (AvgIpc) is 2.76. The molecule has 0 aliphatic carbocycles. The van der Waals surface area contributed by atoms with Gasteiger partial charge in [0.25, 0.3) is 0 Å². The number of nitrogens with two attached hydrogens (primary N) is 2. The number of hydrogen-bond donors (Lipinski definition) is 6. The van der Waals surface area contributed by atoms with Gasteiger partial charge in [0.15, 0.2) is 0 Å². The molecule has 0 amide bonds. The van der Waals surface area contributed by atoms with Crippen molar-refractivity contribution in [1.29, 1.82) is 0 Å². The fraction of sp³-hybridized carbons (Fsp3) is 0.786. The molecule has 0 bridgehead atoms. The first-order chi connectivity index (χ1) is 16.8. The van der Waals surface area contributed by atoms with Crippen LogP contribution in [0.4, 0.5) is 0 Å². The minimum Gasteiger partial charge on any atom is -0.327 e. The molecule has 6 nitrogen and oxygen atoms in total. The third kappa shape index (κ3) is 20.8. The second kappa shape index (κ2) is 22.7. The molecule has 0 heterocycles. The number of hydrogen-bond acceptors (Lipinski definition) is 6. The Kier molecular flexibility index (Phi) is 22.6. The van der Waals surface area contributed by atoms with Crippen LogP contribution in [0.2, 0.25) is 0 Å². The highest BCUT2D eigenvalue weighted by Gasteiger charge is 2.09. The first-order valence-corrected chi connectivity index (χ1v) is 14.7. The van der Waals surface area contributed by atoms with Gasteiger partial charge in [0.05, 0.1) is 0 Å². The Labute approximate surface area is 236 Å². The highest BCUT2D eigenvalue weighted by Crippen LogP contribution is 2.19. The predicted molar refractivity (Wildman–Crippen MR) is 164 cm³/mol. The minimum atomic E-state index is 0. The number of halogens is 2. The van der Waals surface area contributed by atoms with E-state index in [0.29, 0.717) is 11.8 Å². The molecule has 8 N–H and O–H groups in total. The molecule has 0 aliphatic heterocycles. The lowest BCUT2D eigenvalue weighted by Gasteiger charge is -2.16. The number of nitrogens with one attached hydrogen (secondary N) is 4. The minimum absolute atomic E-state index is 0. The Hall–Kier alpha value is -0.250. The summed E-state index contributed by atoms with van der Waals surface area (Å²) in [5.74, 6) is 1.42. The zero-order chi connectivity index (χ0) is 25.9. The molecule has 0 saturated heterocycles. The Bertz CT molecular complexity index is 596. The van der Waals surface area contributed by atoms with Gasteiger partial charge in [-0.25, -0.2) is 0 Å². The van der Waals surface area contributed by atoms with Crippen LogP contribution in [-0.4, -0.2) is 64.4 Å². The molecule has 8 heteroatoms. The average molecular weight is 592 g/mol. The van der Waals surface area contributed by atoms with Crippen LogP contribution in [0.25, 0.3) is 0 Å². The van der Waals surface area contributed by atoms with Crippen molar-refractivity contribution in [3.05, 3.63) is 33.8 Å². The van der Waals surface area contributed by atoms with Gasteiger partial charge in [-0.1, -0.05) is 49.7 Å². The van der Waals surface area contributed by atoms with Gasteiger partial charge in [0, 0.05) is 16.6 Å². The smallest absolute Gasteiger partial charge is 0.0180 e. The van der Waals surface area contributed by atoms with Gasteiger partial charge in [0.2, 0.25) is 0 Å². The van der Waals surface area contributed by atoms with Crippen molar-refractivity contribution in [3.8, 4) is 0 Å². The Morgan fingerprint density at radius 1 is 0.639 bits per heavy atom. The van der Waals surface area contributed by atoms with Crippen molar-refractivity contribution in [2.24, 2.45) is 23.3 Å². The van der Waals surface area contributed by atoms with Crippen molar-refractivity contribution in [3.63, 3.8) is 0 Å². The molecule has 0 radical (unpaired) electrons. The van der Waals surface area contributed by atoms with Crippen LogP contribution in [0.1, 0.15) is 64.5 Å². The van der Waals surface area contributed by atoms with E-state index >= 15 is 0 Å². The fourth-order valence-corrected chi connectivity index (χ4v) is 4.63. The second-order valence-electron chi connectivity index (χ2n) is 10.9. The summed E-state index contributed by atoms with van der Waals surface area (Å²) >= 11 is 3.68. The highest BCUT2D eigenvalue weighted by atomic mass is 79.9. The van der Waals surface area contributed by atoms with Crippen LogP contribution >= 0.6 is 28.3 Å². The topological polar surface area (TPSA) is 100 Å². The van der Waals surface area contributed by atoms with E-state index in [2.05, 4.69) is 83.1 Å². The third-order valence-electron chi connectivity index (χ3n) is 5.92. The molecule has 0 fully saturated rings. The molecular formula is C28H56BrClN6. The molecule has 2 atom stereocenters.